The lowest BCUT2D eigenvalue weighted by Gasteiger charge is -2.07. The first-order valence-corrected chi connectivity index (χ1v) is 29.0. The van der Waals surface area contributed by atoms with Gasteiger partial charge in [0.2, 0.25) is 5.69 Å². The van der Waals surface area contributed by atoms with Gasteiger partial charge in [0.25, 0.3) is 11.1 Å². The van der Waals surface area contributed by atoms with E-state index in [-0.39, 0.29) is 53.4 Å². The van der Waals surface area contributed by atoms with Crippen molar-refractivity contribution in [2.24, 2.45) is 28.2 Å². The molecule has 418 valence electrons. The maximum Gasteiger partial charge on any atom is 0.362 e. The monoisotopic (exact) mass is 1190 g/mol. The molecule has 12 heterocycles. The second kappa shape index (κ2) is 24.3. The second-order valence-electron chi connectivity index (χ2n) is 17.4. The number of thiophene rings is 5. The summed E-state index contributed by atoms with van der Waals surface area (Å²) >= 11 is 7.56. The highest BCUT2D eigenvalue weighted by Crippen LogP contribution is 2.37. The molecule has 0 bridgehead atoms. The fourth-order valence-electron chi connectivity index (χ4n) is 8.99. The first kappa shape index (κ1) is 56.9. The van der Waals surface area contributed by atoms with E-state index >= 15 is 0 Å². The SMILES string of the molecule is CCOC(=O)c1c(N)c2sccc2n1C.CCOC(=O)c1c([N+](=O)[O-])c2sccc2n1C.CCOC(=O)c1cc2sccc2[nH]1.Cn1c2ccsc2c2nc[nH]c(=O)c21.Cn1c2ccsc2c2ncn(Cc3ccccc3F)c(=O)c21. The van der Waals surface area contributed by atoms with Crippen LogP contribution >= 0.6 is 56.7 Å². The summed E-state index contributed by atoms with van der Waals surface area (Å²) in [6, 6.07) is 17.9. The quantitative estimate of drug-likeness (QED) is 0.0526. The van der Waals surface area contributed by atoms with Crippen LogP contribution in [0.5, 0.6) is 0 Å². The van der Waals surface area contributed by atoms with Crippen LogP contribution < -0.4 is 16.9 Å². The summed E-state index contributed by atoms with van der Waals surface area (Å²) in [5.74, 6) is -1.63. The van der Waals surface area contributed by atoms with Crippen molar-refractivity contribution in [2.45, 2.75) is 27.3 Å². The predicted octanol–water partition coefficient (Wildman–Crippen LogP) is 11.3. The molecule has 13 aromatic rings. The lowest BCUT2D eigenvalue weighted by atomic mass is 10.2. The summed E-state index contributed by atoms with van der Waals surface area (Å²) in [4.78, 5) is 83.6. The van der Waals surface area contributed by atoms with Crippen molar-refractivity contribution in [3.05, 3.63) is 160 Å². The molecule has 81 heavy (non-hydrogen) atoms. The Morgan fingerprint density at radius 2 is 1.19 bits per heavy atom. The van der Waals surface area contributed by atoms with Gasteiger partial charge in [-0.2, -0.15) is 0 Å². The third-order valence-electron chi connectivity index (χ3n) is 12.7. The van der Waals surface area contributed by atoms with Gasteiger partial charge in [0.05, 0.1) is 96.0 Å². The van der Waals surface area contributed by atoms with Crippen molar-refractivity contribution in [3.8, 4) is 0 Å². The van der Waals surface area contributed by atoms with Crippen LogP contribution in [-0.2, 0) is 48.9 Å². The first-order valence-electron chi connectivity index (χ1n) is 24.6. The summed E-state index contributed by atoms with van der Waals surface area (Å²) < 4.78 is 41.5. The van der Waals surface area contributed by atoms with E-state index in [1.165, 1.54) is 50.5 Å². The zero-order valence-electron chi connectivity index (χ0n) is 44.3. The lowest BCUT2D eigenvalue weighted by Crippen LogP contribution is -2.22. The molecule has 0 saturated carbocycles. The molecule has 0 atom stereocenters. The average Bonchev–Trinajstić information content (AvgIpc) is 3.90. The number of ether oxygens (including phenoxy) is 3. The molecule has 27 heteroatoms. The van der Waals surface area contributed by atoms with Crippen molar-refractivity contribution in [3.63, 3.8) is 0 Å². The number of anilines is 1. The number of halogens is 1. The van der Waals surface area contributed by atoms with Gasteiger partial charge in [-0.1, -0.05) is 18.2 Å². The summed E-state index contributed by atoms with van der Waals surface area (Å²) in [5.41, 5.74) is 14.9. The number of aryl methyl sites for hydroxylation is 4. The van der Waals surface area contributed by atoms with Gasteiger partial charge in [0.1, 0.15) is 38.3 Å². The number of nitro groups is 1. The molecule has 0 radical (unpaired) electrons. The average molecular weight is 1190 g/mol. The zero-order chi connectivity index (χ0) is 57.8. The van der Waals surface area contributed by atoms with Gasteiger partial charge in [-0.15, -0.1) is 56.7 Å². The number of hydrogen-bond acceptors (Lipinski definition) is 18. The molecule has 0 aliphatic heterocycles. The Hall–Kier alpha value is -8.76. The highest BCUT2D eigenvalue weighted by atomic mass is 32.1. The molecule has 0 aliphatic rings. The van der Waals surface area contributed by atoms with E-state index in [9.17, 15) is 38.5 Å². The van der Waals surface area contributed by atoms with Crippen LogP contribution in [0.15, 0.2) is 110 Å². The molecule has 12 aromatic heterocycles. The van der Waals surface area contributed by atoms with E-state index in [4.69, 9.17) is 19.9 Å². The van der Waals surface area contributed by atoms with Gasteiger partial charge >= 0.3 is 23.6 Å². The summed E-state index contributed by atoms with van der Waals surface area (Å²) in [6.45, 7) is 6.36. The Morgan fingerprint density at radius 1 is 0.667 bits per heavy atom. The number of esters is 3. The van der Waals surface area contributed by atoms with Crippen molar-refractivity contribution in [2.75, 3.05) is 25.6 Å². The Morgan fingerprint density at radius 3 is 1.78 bits per heavy atom. The van der Waals surface area contributed by atoms with Gasteiger partial charge in [-0.25, -0.2) is 28.7 Å². The standard InChI is InChI=1S/C16H12FN3OS.C10H10N2O4S.C10H12N2O2S.C9H7N3OS.C9H9NO2S/c1-19-12-6-7-22-15(12)13-14(19)16(21)20(9-18-13)8-10-4-2-3-5-11(10)17;1-3-16-10(13)8-7(12(14)15)9-6(11(8)2)4-5-17-9;1-3-14-10(13)8-7(11)9-6(12(8)2)4-5-15-9;1-12-5-2-3-14-8(5)6-7(12)9(13)11-4-10-6;1-2-12-9(11)7-5-8-6(10-7)3-4-13-8/h2-7,9H,8H2,1H3;4-5H,3H2,1-2H3;4-5H,3,11H2,1-2H3;2-4H,1H3,(H,10,11,13);3-5,10H,2H2,1H3. The molecule has 0 aliphatic carbocycles. The van der Waals surface area contributed by atoms with Crippen LogP contribution in [0.4, 0.5) is 15.8 Å². The van der Waals surface area contributed by atoms with Crippen molar-refractivity contribution < 1.29 is 37.9 Å². The van der Waals surface area contributed by atoms with Crippen molar-refractivity contribution in [1.82, 2.24) is 42.8 Å². The number of nitrogens with one attached hydrogen (secondary N) is 2. The molecule has 0 fully saturated rings. The van der Waals surface area contributed by atoms with Crippen LogP contribution in [0.2, 0.25) is 0 Å². The smallest absolute Gasteiger partial charge is 0.362 e. The number of nitrogen functional groups attached to an aromatic ring is 1. The van der Waals surface area contributed by atoms with E-state index < -0.39 is 10.9 Å². The van der Waals surface area contributed by atoms with Gasteiger partial charge in [0.15, 0.2) is 5.69 Å². The van der Waals surface area contributed by atoms with Crippen LogP contribution in [-0.4, -0.2) is 85.4 Å². The van der Waals surface area contributed by atoms with Crippen LogP contribution in [0.3, 0.4) is 0 Å². The van der Waals surface area contributed by atoms with Gasteiger partial charge in [-0.3, -0.25) is 24.3 Å². The molecule has 1 aromatic carbocycles. The number of nitrogens with zero attached hydrogens (tertiary/aromatic N) is 8. The van der Waals surface area contributed by atoms with E-state index in [1.54, 1.807) is 96.0 Å². The maximum atomic E-state index is 13.8. The second-order valence-corrected chi connectivity index (χ2v) is 22.0. The first-order chi connectivity index (χ1) is 39.0. The number of fused-ring (bicyclic) bond motifs is 9. The van der Waals surface area contributed by atoms with Gasteiger partial charge in [0, 0.05) is 33.8 Å². The molecule has 4 N–H and O–H groups in total. The molecule has 0 unspecified atom stereocenters. The van der Waals surface area contributed by atoms with Gasteiger partial charge in [-0.05, 0) is 90.1 Å². The molecule has 21 nitrogen and oxygen atoms in total. The number of aromatic amines is 2. The molecule has 13 rings (SSSR count). The van der Waals surface area contributed by atoms with E-state index in [2.05, 4.69) is 19.9 Å². The minimum atomic E-state index is -0.662. The molecule has 0 amide bonds. The molecule has 0 spiro atoms. The summed E-state index contributed by atoms with van der Waals surface area (Å²) in [7, 11) is 7.17. The molecular formula is C54H50FN11O10S5. The third-order valence-corrected chi connectivity index (χ3v) is 17.3. The number of nitrogens with two attached hydrogens (primary N) is 1. The van der Waals surface area contributed by atoms with Crippen molar-refractivity contribution >= 4 is 159 Å². The fraction of sp³-hybridized carbons (Fsp3) is 0.204. The molecular weight excluding hydrogens is 1140 g/mol. The number of hydrogen-bond donors (Lipinski definition) is 3. The third kappa shape index (κ3) is 11.0. The summed E-state index contributed by atoms with van der Waals surface area (Å²) in [5, 5.41) is 20.7. The lowest BCUT2D eigenvalue weighted by molar-refractivity contribution is -0.383. The predicted molar refractivity (Wildman–Crippen MR) is 319 cm³/mol. The van der Waals surface area contributed by atoms with E-state index in [0.29, 0.717) is 62.6 Å². The number of carbonyl (C=O) groups is 3. The van der Waals surface area contributed by atoms with Gasteiger partial charge < -0.3 is 48.2 Å². The largest absolute Gasteiger partial charge is 0.461 e. The Labute approximate surface area is 477 Å². The normalized spacial score (nSPS) is 11.1. The summed E-state index contributed by atoms with van der Waals surface area (Å²) in [6.07, 6.45) is 2.94. The van der Waals surface area contributed by atoms with E-state index in [1.807, 2.05) is 82.1 Å². The van der Waals surface area contributed by atoms with E-state index in [0.717, 1.165) is 46.4 Å². The minimum Gasteiger partial charge on any atom is -0.461 e. The van der Waals surface area contributed by atoms with Crippen LogP contribution in [0, 0.1) is 15.9 Å². The maximum absolute atomic E-state index is 13.8. The zero-order valence-corrected chi connectivity index (χ0v) is 48.4. The number of rotatable bonds is 9. The van der Waals surface area contributed by atoms with Crippen LogP contribution in [0.1, 0.15) is 57.8 Å². The number of carbonyl (C=O) groups excluding carboxylic acids is 3. The topological polar surface area (TPSA) is 264 Å². The highest BCUT2D eigenvalue weighted by molar-refractivity contribution is 7.19. The Bertz CT molecular complexity index is 4530. The number of aromatic nitrogens is 9. The Balaban J connectivity index is 0.000000124. The Kier molecular flexibility index (Phi) is 17.1. The highest BCUT2D eigenvalue weighted by Gasteiger charge is 2.31. The number of benzene rings is 1. The van der Waals surface area contributed by atoms with Crippen molar-refractivity contribution in [1.29, 1.82) is 0 Å². The van der Waals surface area contributed by atoms with Crippen LogP contribution in [0.25, 0.3) is 73.1 Å². The minimum absolute atomic E-state index is 0.00120. The fourth-order valence-corrected chi connectivity index (χ4v) is 13.4. The molecule has 0 saturated heterocycles. The number of H-pyrrole nitrogens is 2.